The molecule has 0 aromatic heterocycles. The summed E-state index contributed by atoms with van der Waals surface area (Å²) >= 11 is 0. The molecule has 2 aliphatic rings. The Labute approximate surface area is 194 Å². The van der Waals surface area contributed by atoms with Gasteiger partial charge in [-0.15, -0.1) is 0 Å². The Morgan fingerprint density at radius 2 is 0.968 bits per heavy atom. The molecule has 7 nitrogen and oxygen atoms in total. The van der Waals surface area contributed by atoms with Gasteiger partial charge in [-0.1, -0.05) is 0 Å². The third-order valence-corrected chi connectivity index (χ3v) is 19.1. The first-order valence-corrected chi connectivity index (χ1v) is 23.6. The van der Waals surface area contributed by atoms with Gasteiger partial charge in [0.25, 0.3) is 0 Å². The first kappa shape index (κ1) is 27.8. The first-order chi connectivity index (χ1) is 14.3. The van der Waals surface area contributed by atoms with Crippen LogP contribution in [-0.4, -0.2) is 85.6 Å². The second-order valence-corrected chi connectivity index (χ2v) is 27.5. The molecule has 4 unspecified atom stereocenters. The molecule has 0 amide bonds. The molecule has 2 aliphatic heterocycles. The van der Waals surface area contributed by atoms with Crippen LogP contribution in [-0.2, 0) is 31.3 Å². The highest BCUT2D eigenvalue weighted by Crippen LogP contribution is 2.30. The largest absolute Gasteiger partial charge is 0.437 e. The zero-order valence-corrected chi connectivity index (χ0v) is 25.1. The molecule has 184 valence electrons. The van der Waals surface area contributed by atoms with Gasteiger partial charge >= 0.3 is 17.1 Å². The van der Waals surface area contributed by atoms with Crippen LogP contribution in [0.4, 0.5) is 0 Å². The van der Waals surface area contributed by atoms with Gasteiger partial charge in [0.2, 0.25) is 0 Å². The van der Waals surface area contributed by atoms with Crippen LogP contribution in [0, 0.1) is 0 Å². The van der Waals surface area contributed by atoms with Crippen LogP contribution in [0.2, 0.25) is 64.5 Å². The van der Waals surface area contributed by atoms with Crippen molar-refractivity contribution in [2.24, 2.45) is 0 Å². The van der Waals surface area contributed by atoms with E-state index < -0.39 is 33.8 Å². The van der Waals surface area contributed by atoms with Gasteiger partial charge in [0, 0.05) is 13.2 Å². The molecule has 0 aromatic rings. The molecule has 2 rings (SSSR count). The van der Waals surface area contributed by atoms with Gasteiger partial charge in [-0.05, 0) is 77.3 Å². The molecule has 0 saturated carbocycles. The maximum atomic E-state index is 7.00. The summed E-state index contributed by atoms with van der Waals surface area (Å²) in [4.78, 5) is 0. The molecule has 11 heteroatoms. The number of epoxide rings is 2. The van der Waals surface area contributed by atoms with Gasteiger partial charge in [-0.2, -0.15) is 0 Å². The molecule has 0 aliphatic carbocycles. The monoisotopic (exact) mass is 510 g/mol. The Morgan fingerprint density at radius 3 is 1.26 bits per heavy atom. The van der Waals surface area contributed by atoms with E-state index in [9.17, 15) is 0 Å². The Balaban J connectivity index is 1.93. The van der Waals surface area contributed by atoms with Crippen LogP contribution in [0.25, 0.3) is 0 Å². The molecule has 4 atom stereocenters. The lowest BCUT2D eigenvalue weighted by Gasteiger charge is -2.43. The molecule has 31 heavy (non-hydrogen) atoms. The summed E-state index contributed by atoms with van der Waals surface area (Å²) < 4.78 is 42.5. The quantitative estimate of drug-likeness (QED) is 0.153. The SMILES string of the molecule is C[Si](C)(C)O[Si](C)(CCCOCC1CO1)O[Si](C)(CCCOCC1CO1)O[Si](C)(C)C. The molecular formula is C20H46O7Si4. The zero-order chi connectivity index (χ0) is 23.2. The van der Waals surface area contributed by atoms with E-state index in [1.807, 2.05) is 0 Å². The Bertz CT molecular complexity index is 489. The van der Waals surface area contributed by atoms with Crippen molar-refractivity contribution in [1.29, 1.82) is 0 Å². The van der Waals surface area contributed by atoms with Crippen LogP contribution in [0.5, 0.6) is 0 Å². The van der Waals surface area contributed by atoms with Crippen LogP contribution in [0.15, 0.2) is 0 Å². The lowest BCUT2D eigenvalue weighted by molar-refractivity contribution is 0.114. The fraction of sp³-hybridized carbons (Fsp3) is 1.00. The van der Waals surface area contributed by atoms with Crippen molar-refractivity contribution < 1.29 is 31.3 Å². The maximum absolute atomic E-state index is 7.00. The summed E-state index contributed by atoms with van der Waals surface area (Å²) in [5.41, 5.74) is 0. The van der Waals surface area contributed by atoms with Crippen LogP contribution in [0.1, 0.15) is 12.8 Å². The third kappa shape index (κ3) is 13.8. The third-order valence-electron chi connectivity index (χ3n) is 4.73. The highest BCUT2D eigenvalue weighted by molar-refractivity contribution is 6.89. The minimum Gasteiger partial charge on any atom is -0.437 e. The first-order valence-electron chi connectivity index (χ1n) is 11.8. The molecule has 2 heterocycles. The number of ether oxygens (including phenoxy) is 4. The molecular weight excluding hydrogens is 465 g/mol. The van der Waals surface area contributed by atoms with E-state index in [4.69, 9.17) is 31.3 Å². The van der Waals surface area contributed by atoms with Gasteiger partial charge in [0.15, 0.2) is 16.6 Å². The minimum absolute atomic E-state index is 0.313. The van der Waals surface area contributed by atoms with Gasteiger partial charge in [0.05, 0.1) is 26.4 Å². The Kier molecular flexibility index (Phi) is 10.6. The van der Waals surface area contributed by atoms with E-state index in [-0.39, 0.29) is 0 Å². The van der Waals surface area contributed by atoms with Gasteiger partial charge in [-0.25, -0.2) is 0 Å². The topological polar surface area (TPSA) is 71.2 Å². The standard InChI is InChI=1S/C20H46O7Si4/c1-28(2,3)25-30(7,13-9-11-21-15-19-17-23-19)27-31(8,26-29(4,5)6)14-10-12-22-16-20-18-24-20/h19-20H,9-18H2,1-8H3. The van der Waals surface area contributed by atoms with Crippen molar-refractivity contribution in [3.63, 3.8) is 0 Å². The van der Waals surface area contributed by atoms with Crippen LogP contribution >= 0.6 is 0 Å². The maximum Gasteiger partial charge on any atom is 0.315 e. The molecule has 2 fully saturated rings. The summed E-state index contributed by atoms with van der Waals surface area (Å²) in [7, 11) is -8.34. The van der Waals surface area contributed by atoms with Crippen LogP contribution in [0.3, 0.4) is 0 Å². The lowest BCUT2D eigenvalue weighted by atomic mass is 10.5. The van der Waals surface area contributed by atoms with E-state index in [1.165, 1.54) is 0 Å². The average Bonchev–Trinajstić information content (AvgIpc) is 3.45. The van der Waals surface area contributed by atoms with E-state index in [1.54, 1.807) is 0 Å². The smallest absolute Gasteiger partial charge is 0.315 e. The van der Waals surface area contributed by atoms with Crippen molar-refractivity contribution >= 4 is 33.8 Å². The Hall–Kier alpha value is 0.588. The zero-order valence-electron chi connectivity index (χ0n) is 21.1. The summed E-state index contributed by atoms with van der Waals surface area (Å²) in [5.74, 6) is 0. The van der Waals surface area contributed by atoms with Crippen molar-refractivity contribution in [3.8, 4) is 0 Å². The molecule has 0 N–H and O–H groups in total. The van der Waals surface area contributed by atoms with E-state index >= 15 is 0 Å². The van der Waals surface area contributed by atoms with Crippen LogP contribution < -0.4 is 0 Å². The predicted octanol–water partition coefficient (Wildman–Crippen LogP) is 4.46. The molecule has 2 saturated heterocycles. The predicted molar refractivity (Wildman–Crippen MR) is 133 cm³/mol. The fourth-order valence-electron chi connectivity index (χ4n) is 3.75. The summed E-state index contributed by atoms with van der Waals surface area (Å²) in [6.07, 6.45) is 2.52. The van der Waals surface area contributed by atoms with E-state index in [0.29, 0.717) is 25.4 Å². The lowest BCUT2D eigenvalue weighted by Crippen LogP contribution is -2.58. The van der Waals surface area contributed by atoms with E-state index in [0.717, 1.165) is 51.4 Å². The number of rotatable bonds is 18. The minimum atomic E-state index is -2.41. The number of hydrogen-bond acceptors (Lipinski definition) is 7. The van der Waals surface area contributed by atoms with E-state index in [2.05, 4.69) is 52.4 Å². The highest BCUT2D eigenvalue weighted by Gasteiger charge is 2.46. The van der Waals surface area contributed by atoms with Crippen molar-refractivity contribution in [2.75, 3.05) is 39.6 Å². The number of hydrogen-bond donors (Lipinski definition) is 0. The normalized spacial score (nSPS) is 25.2. The second-order valence-electron chi connectivity index (χ2n) is 11.1. The highest BCUT2D eigenvalue weighted by atomic mass is 28.5. The summed E-state index contributed by atoms with van der Waals surface area (Å²) in [5, 5.41) is 0. The molecule has 0 spiro atoms. The molecule has 0 radical (unpaired) electrons. The fourth-order valence-corrected chi connectivity index (χ4v) is 22.1. The van der Waals surface area contributed by atoms with Gasteiger partial charge in [-0.3, -0.25) is 0 Å². The molecule has 0 aromatic carbocycles. The Morgan fingerprint density at radius 1 is 0.613 bits per heavy atom. The van der Waals surface area contributed by atoms with Gasteiger partial charge in [0.1, 0.15) is 12.2 Å². The summed E-state index contributed by atoms with van der Waals surface area (Å²) in [6, 6.07) is 1.85. The van der Waals surface area contributed by atoms with Crippen molar-refractivity contribution in [2.45, 2.75) is 89.5 Å². The van der Waals surface area contributed by atoms with Crippen molar-refractivity contribution in [1.82, 2.24) is 0 Å². The average molecular weight is 511 g/mol. The summed E-state index contributed by atoms with van der Waals surface area (Å²) in [6.45, 7) is 22.5. The molecule has 0 bridgehead atoms. The van der Waals surface area contributed by atoms with Crippen molar-refractivity contribution in [3.05, 3.63) is 0 Å². The second kappa shape index (κ2) is 11.8. The van der Waals surface area contributed by atoms with Gasteiger partial charge < -0.3 is 31.3 Å².